The Bertz CT molecular complexity index is 179. The summed E-state index contributed by atoms with van der Waals surface area (Å²) in [6, 6.07) is 0.338. The summed E-state index contributed by atoms with van der Waals surface area (Å²) in [5.41, 5.74) is 5.34. The minimum Gasteiger partial charge on any atom is -0.381 e. The number of nitrogens with one attached hydrogen (secondary N) is 1. The van der Waals surface area contributed by atoms with E-state index in [1.165, 1.54) is 0 Å². The van der Waals surface area contributed by atoms with Crippen molar-refractivity contribution in [3.63, 3.8) is 0 Å². The number of hydrogen-bond acceptors (Lipinski definition) is 3. The van der Waals surface area contributed by atoms with Crippen molar-refractivity contribution < 1.29 is 9.53 Å². The highest BCUT2D eigenvalue weighted by atomic mass is 16.5. The first-order valence-corrected chi connectivity index (χ1v) is 5.28. The molecule has 0 spiro atoms. The Morgan fingerprint density at radius 1 is 1.50 bits per heavy atom. The fourth-order valence-electron chi connectivity index (χ4n) is 1.61. The molecule has 0 aliphatic heterocycles. The van der Waals surface area contributed by atoms with Crippen LogP contribution in [-0.4, -0.2) is 31.7 Å². The van der Waals surface area contributed by atoms with E-state index in [1.807, 2.05) is 0 Å². The van der Waals surface area contributed by atoms with Crippen molar-refractivity contribution in [1.82, 2.24) is 5.32 Å². The molecule has 4 nitrogen and oxygen atoms in total. The van der Waals surface area contributed by atoms with E-state index < -0.39 is 0 Å². The third kappa shape index (κ3) is 3.64. The second-order valence-corrected chi connectivity index (χ2v) is 3.84. The van der Waals surface area contributed by atoms with E-state index in [0.29, 0.717) is 25.1 Å². The number of carbonyl (C=O) groups is 1. The van der Waals surface area contributed by atoms with E-state index in [9.17, 15) is 4.79 Å². The molecule has 1 aliphatic carbocycles. The predicted octanol–water partition coefficient (Wildman–Crippen LogP) is 0.409. The maximum atomic E-state index is 11.3. The highest BCUT2D eigenvalue weighted by Gasteiger charge is 2.29. The Kier molecular flexibility index (Phi) is 4.90. The molecule has 0 aromatic heterocycles. The van der Waals surface area contributed by atoms with Crippen LogP contribution in [0, 0.1) is 0 Å². The summed E-state index contributed by atoms with van der Waals surface area (Å²) in [7, 11) is 1.71. The Labute approximate surface area is 85.2 Å². The van der Waals surface area contributed by atoms with Gasteiger partial charge in [-0.25, -0.2) is 0 Å². The first-order valence-electron chi connectivity index (χ1n) is 5.28. The van der Waals surface area contributed by atoms with Crippen molar-refractivity contribution in [1.29, 1.82) is 0 Å². The SMILES string of the molecule is COC1CC(NC(=O)CCCCN)C1. The van der Waals surface area contributed by atoms with Crippen molar-refractivity contribution in [2.24, 2.45) is 5.73 Å². The number of rotatable bonds is 6. The summed E-state index contributed by atoms with van der Waals surface area (Å²) in [6.45, 7) is 0.669. The maximum Gasteiger partial charge on any atom is 0.220 e. The third-order valence-corrected chi connectivity index (χ3v) is 2.65. The topological polar surface area (TPSA) is 64.3 Å². The highest BCUT2D eigenvalue weighted by Crippen LogP contribution is 2.22. The van der Waals surface area contributed by atoms with Crippen LogP contribution in [0.2, 0.25) is 0 Å². The number of methoxy groups -OCH3 is 1. The molecule has 1 aliphatic rings. The molecule has 0 radical (unpaired) electrons. The van der Waals surface area contributed by atoms with Gasteiger partial charge in [-0.05, 0) is 32.2 Å². The molecular formula is C10H20N2O2. The first kappa shape index (κ1) is 11.5. The van der Waals surface area contributed by atoms with Crippen LogP contribution < -0.4 is 11.1 Å². The van der Waals surface area contributed by atoms with Crippen LogP contribution in [0.4, 0.5) is 0 Å². The Morgan fingerprint density at radius 2 is 2.21 bits per heavy atom. The van der Waals surface area contributed by atoms with E-state index in [2.05, 4.69) is 5.32 Å². The molecule has 4 heteroatoms. The standard InChI is InChI=1S/C10H20N2O2/c1-14-9-6-8(7-9)12-10(13)4-2-3-5-11/h8-9H,2-7,11H2,1H3,(H,12,13). The molecule has 0 aromatic rings. The van der Waals surface area contributed by atoms with E-state index in [4.69, 9.17) is 10.5 Å². The molecule has 1 rings (SSSR count). The van der Waals surface area contributed by atoms with Gasteiger partial charge in [0.25, 0.3) is 0 Å². The van der Waals surface area contributed by atoms with Gasteiger partial charge in [0.05, 0.1) is 6.10 Å². The zero-order chi connectivity index (χ0) is 10.4. The number of hydrogen-bond donors (Lipinski definition) is 2. The summed E-state index contributed by atoms with van der Waals surface area (Å²) in [6.07, 6.45) is 4.69. The minimum absolute atomic E-state index is 0.151. The molecule has 1 amide bonds. The van der Waals surface area contributed by atoms with Gasteiger partial charge in [0, 0.05) is 19.6 Å². The zero-order valence-corrected chi connectivity index (χ0v) is 8.79. The van der Waals surface area contributed by atoms with Crippen LogP contribution in [-0.2, 0) is 9.53 Å². The van der Waals surface area contributed by atoms with Gasteiger partial charge in [-0.1, -0.05) is 0 Å². The lowest BCUT2D eigenvalue weighted by Gasteiger charge is -2.34. The summed E-state index contributed by atoms with van der Waals surface area (Å²) in [5, 5.41) is 2.98. The van der Waals surface area contributed by atoms with Crippen molar-refractivity contribution in [3.05, 3.63) is 0 Å². The molecule has 14 heavy (non-hydrogen) atoms. The highest BCUT2D eigenvalue weighted by molar-refractivity contribution is 5.76. The number of ether oxygens (including phenoxy) is 1. The van der Waals surface area contributed by atoms with Crippen molar-refractivity contribution >= 4 is 5.91 Å². The van der Waals surface area contributed by atoms with Crippen LogP contribution in [0.1, 0.15) is 32.1 Å². The molecular weight excluding hydrogens is 180 g/mol. The monoisotopic (exact) mass is 200 g/mol. The molecule has 1 fully saturated rings. The van der Waals surface area contributed by atoms with Gasteiger partial charge in [0.1, 0.15) is 0 Å². The van der Waals surface area contributed by atoms with Gasteiger partial charge in [-0.2, -0.15) is 0 Å². The molecule has 0 unspecified atom stereocenters. The molecule has 0 bridgehead atoms. The zero-order valence-electron chi connectivity index (χ0n) is 8.79. The molecule has 0 heterocycles. The van der Waals surface area contributed by atoms with Gasteiger partial charge in [0.15, 0.2) is 0 Å². The van der Waals surface area contributed by atoms with Crippen LogP contribution >= 0.6 is 0 Å². The normalized spacial score (nSPS) is 25.6. The summed E-state index contributed by atoms with van der Waals surface area (Å²) in [5.74, 6) is 0.151. The molecule has 0 saturated heterocycles. The summed E-state index contributed by atoms with van der Waals surface area (Å²) >= 11 is 0. The number of nitrogens with two attached hydrogens (primary N) is 1. The van der Waals surface area contributed by atoms with Gasteiger partial charge in [-0.3, -0.25) is 4.79 Å². The van der Waals surface area contributed by atoms with Crippen molar-refractivity contribution in [3.8, 4) is 0 Å². The van der Waals surface area contributed by atoms with E-state index in [1.54, 1.807) is 7.11 Å². The van der Waals surface area contributed by atoms with E-state index in [-0.39, 0.29) is 5.91 Å². The van der Waals surface area contributed by atoms with Gasteiger partial charge in [-0.15, -0.1) is 0 Å². The summed E-state index contributed by atoms with van der Waals surface area (Å²) < 4.78 is 5.13. The van der Waals surface area contributed by atoms with Crippen LogP contribution in [0.25, 0.3) is 0 Å². The number of amides is 1. The smallest absolute Gasteiger partial charge is 0.220 e. The average Bonchev–Trinajstić information content (AvgIpc) is 2.11. The molecule has 0 atom stereocenters. The maximum absolute atomic E-state index is 11.3. The average molecular weight is 200 g/mol. The van der Waals surface area contributed by atoms with Gasteiger partial charge < -0.3 is 15.8 Å². The van der Waals surface area contributed by atoms with Gasteiger partial charge >= 0.3 is 0 Å². The Balaban J connectivity index is 1.99. The van der Waals surface area contributed by atoms with Crippen molar-refractivity contribution in [2.45, 2.75) is 44.2 Å². The van der Waals surface area contributed by atoms with Crippen LogP contribution in [0.15, 0.2) is 0 Å². The van der Waals surface area contributed by atoms with Crippen LogP contribution in [0.5, 0.6) is 0 Å². The lowest BCUT2D eigenvalue weighted by molar-refractivity contribution is -0.123. The molecule has 1 saturated carbocycles. The fraction of sp³-hybridized carbons (Fsp3) is 0.900. The largest absolute Gasteiger partial charge is 0.381 e. The van der Waals surface area contributed by atoms with E-state index in [0.717, 1.165) is 25.7 Å². The quantitative estimate of drug-likeness (QED) is 0.610. The molecule has 3 N–H and O–H groups in total. The molecule has 0 aromatic carbocycles. The van der Waals surface area contributed by atoms with Crippen molar-refractivity contribution in [2.75, 3.05) is 13.7 Å². The second kappa shape index (κ2) is 5.98. The Hall–Kier alpha value is -0.610. The van der Waals surface area contributed by atoms with Crippen LogP contribution in [0.3, 0.4) is 0 Å². The lowest BCUT2D eigenvalue weighted by atomic mass is 9.89. The minimum atomic E-state index is 0.151. The number of unbranched alkanes of at least 4 members (excludes halogenated alkanes) is 1. The number of carbonyl (C=O) groups excluding carboxylic acids is 1. The summed E-state index contributed by atoms with van der Waals surface area (Å²) in [4.78, 5) is 11.3. The van der Waals surface area contributed by atoms with Gasteiger partial charge in [0.2, 0.25) is 5.91 Å². The predicted molar refractivity (Wildman–Crippen MR) is 54.9 cm³/mol. The van der Waals surface area contributed by atoms with E-state index >= 15 is 0 Å². The lowest BCUT2D eigenvalue weighted by Crippen LogP contribution is -2.47. The Morgan fingerprint density at radius 3 is 2.79 bits per heavy atom. The first-order chi connectivity index (χ1) is 6.76. The second-order valence-electron chi connectivity index (χ2n) is 3.84. The fourth-order valence-corrected chi connectivity index (χ4v) is 1.61. The third-order valence-electron chi connectivity index (χ3n) is 2.65. The molecule has 82 valence electrons.